The molecule has 1 aliphatic rings. The zero-order valence-corrected chi connectivity index (χ0v) is 18.7. The van der Waals surface area contributed by atoms with Crippen molar-refractivity contribution in [2.45, 2.75) is 44.9 Å². The zero-order valence-electron chi connectivity index (χ0n) is 17.9. The van der Waals surface area contributed by atoms with Gasteiger partial charge in [-0.25, -0.2) is 23.7 Å². The predicted octanol–water partition coefficient (Wildman–Crippen LogP) is 3.40. The predicted molar refractivity (Wildman–Crippen MR) is 120 cm³/mol. The van der Waals surface area contributed by atoms with Gasteiger partial charge in [-0.2, -0.15) is 0 Å². The van der Waals surface area contributed by atoms with Gasteiger partial charge >= 0.3 is 0 Å². The van der Waals surface area contributed by atoms with Gasteiger partial charge in [0.1, 0.15) is 18.0 Å². The van der Waals surface area contributed by atoms with Crippen molar-refractivity contribution >= 4 is 29.6 Å². The number of nitrogens with one attached hydrogen (secondary N) is 3. The summed E-state index contributed by atoms with van der Waals surface area (Å²) >= 11 is 1.56. The van der Waals surface area contributed by atoms with Gasteiger partial charge in [-0.3, -0.25) is 10.1 Å². The average molecular weight is 452 g/mol. The summed E-state index contributed by atoms with van der Waals surface area (Å²) < 4.78 is 34.5. The lowest BCUT2D eigenvalue weighted by atomic mass is 10.00. The highest BCUT2D eigenvalue weighted by molar-refractivity contribution is 7.96. The van der Waals surface area contributed by atoms with E-state index in [1.165, 1.54) is 12.4 Å². The van der Waals surface area contributed by atoms with E-state index in [9.17, 15) is 8.78 Å². The molecule has 0 aliphatic carbocycles. The van der Waals surface area contributed by atoms with E-state index in [0.717, 1.165) is 11.9 Å². The van der Waals surface area contributed by atoms with Crippen molar-refractivity contribution in [1.29, 1.82) is 5.41 Å². The Bertz CT molecular complexity index is 934. The van der Waals surface area contributed by atoms with E-state index in [1.807, 2.05) is 12.3 Å². The quantitative estimate of drug-likeness (QED) is 0.417. The highest BCUT2D eigenvalue weighted by atomic mass is 32.2. The summed E-state index contributed by atoms with van der Waals surface area (Å²) in [6, 6.07) is 1.97. The number of H-pyrrole nitrogens is 1. The molecule has 168 valence electrons. The van der Waals surface area contributed by atoms with E-state index in [1.54, 1.807) is 18.1 Å². The van der Waals surface area contributed by atoms with E-state index < -0.39 is 12.1 Å². The number of ether oxygens (including phenoxy) is 1. The van der Waals surface area contributed by atoms with Crippen molar-refractivity contribution in [2.75, 3.05) is 24.2 Å². The van der Waals surface area contributed by atoms with Crippen LogP contribution >= 0.6 is 11.9 Å². The van der Waals surface area contributed by atoms with Crippen LogP contribution in [0.15, 0.2) is 24.7 Å². The molecule has 0 saturated carbocycles. The van der Waals surface area contributed by atoms with Crippen LogP contribution < -0.4 is 9.62 Å². The Morgan fingerprint density at radius 2 is 2.23 bits per heavy atom. The fraction of sp³-hybridized carbons (Fsp3) is 0.500. The second-order valence-electron chi connectivity index (χ2n) is 7.87. The lowest BCUT2D eigenvalue weighted by Gasteiger charge is -2.47. The van der Waals surface area contributed by atoms with E-state index in [0.29, 0.717) is 30.3 Å². The number of morpholine rings is 1. The molecule has 0 radical (unpaired) electrons. The zero-order chi connectivity index (χ0) is 22.6. The van der Waals surface area contributed by atoms with E-state index in [2.05, 4.69) is 50.3 Å². The monoisotopic (exact) mass is 451 g/mol. The Balaban J connectivity index is 1.82. The van der Waals surface area contributed by atoms with Crippen LogP contribution in [0.5, 0.6) is 0 Å². The largest absolute Gasteiger partial charge is 0.367 e. The Morgan fingerprint density at radius 1 is 1.45 bits per heavy atom. The fourth-order valence-electron chi connectivity index (χ4n) is 3.41. The minimum Gasteiger partial charge on any atom is -0.367 e. The number of hydrogen-bond acceptors (Lipinski definition) is 8. The van der Waals surface area contributed by atoms with Gasteiger partial charge in [-0.15, -0.1) is 0 Å². The normalized spacial score (nSPS) is 21.2. The number of aromatic amines is 1. The third-order valence-corrected chi connectivity index (χ3v) is 5.41. The molecule has 8 nitrogen and oxygen atoms in total. The molecule has 3 heterocycles. The third-order valence-electron chi connectivity index (χ3n) is 4.95. The Hall–Kier alpha value is -2.37. The van der Waals surface area contributed by atoms with Crippen LogP contribution in [-0.4, -0.2) is 69.2 Å². The number of nitrogens with zero attached hydrogens (tertiary/aromatic N) is 4. The first-order valence-corrected chi connectivity index (χ1v) is 11.0. The number of hydrogen-bond donors (Lipinski definition) is 3. The second-order valence-corrected chi connectivity index (χ2v) is 8.57. The van der Waals surface area contributed by atoms with Gasteiger partial charge in [0.15, 0.2) is 0 Å². The minimum atomic E-state index is -2.81. The lowest BCUT2D eigenvalue weighted by molar-refractivity contribution is -0.0963. The Labute approximate surface area is 184 Å². The molecule has 1 saturated heterocycles. The fourth-order valence-corrected chi connectivity index (χ4v) is 3.74. The Kier molecular flexibility index (Phi) is 7.39. The van der Waals surface area contributed by atoms with Crippen LogP contribution in [0, 0.1) is 5.41 Å². The molecule has 3 N–H and O–H groups in total. The summed E-state index contributed by atoms with van der Waals surface area (Å²) in [7, 11) is 0. The third kappa shape index (κ3) is 5.86. The number of rotatable bonds is 8. The minimum absolute atomic E-state index is 0.0105. The number of anilines is 1. The van der Waals surface area contributed by atoms with E-state index in [-0.39, 0.29) is 17.7 Å². The van der Waals surface area contributed by atoms with E-state index in [4.69, 9.17) is 10.1 Å². The molecule has 1 fully saturated rings. The molecule has 3 rings (SSSR count). The number of halogens is 2. The molecule has 0 bridgehead atoms. The molecule has 2 aromatic rings. The van der Waals surface area contributed by atoms with Crippen molar-refractivity contribution < 1.29 is 13.5 Å². The van der Waals surface area contributed by atoms with Gasteiger partial charge in [0.05, 0.1) is 41.0 Å². The van der Waals surface area contributed by atoms with Crippen LogP contribution in [0.25, 0.3) is 17.5 Å². The first-order valence-electron chi connectivity index (χ1n) is 9.82. The molecule has 1 aliphatic heterocycles. The Morgan fingerprint density at radius 3 is 2.94 bits per heavy atom. The number of aromatic nitrogens is 4. The molecule has 0 amide bonds. The average Bonchev–Trinajstić information content (AvgIpc) is 3.21. The van der Waals surface area contributed by atoms with Crippen molar-refractivity contribution in [3.8, 4) is 11.4 Å². The van der Waals surface area contributed by atoms with Gasteiger partial charge in [-0.1, -0.05) is 11.9 Å². The topological polar surface area (TPSA) is 103 Å². The first kappa shape index (κ1) is 23.3. The van der Waals surface area contributed by atoms with E-state index >= 15 is 0 Å². The summed E-state index contributed by atoms with van der Waals surface area (Å²) in [6.07, 6.45) is 4.60. The second kappa shape index (κ2) is 9.84. The maximum Gasteiger partial charge on any atom is 0.279 e. The van der Waals surface area contributed by atoms with Crippen LogP contribution in [0.1, 0.15) is 26.6 Å². The molecule has 2 aromatic heterocycles. The highest BCUT2D eigenvalue weighted by Crippen LogP contribution is 2.30. The summed E-state index contributed by atoms with van der Waals surface area (Å²) in [4.78, 5) is 18.2. The van der Waals surface area contributed by atoms with Crippen LogP contribution in [0.4, 0.5) is 14.6 Å². The summed E-state index contributed by atoms with van der Waals surface area (Å²) in [5.41, 5.74) is 0.157. The van der Waals surface area contributed by atoms with Crippen LogP contribution in [0.2, 0.25) is 0 Å². The molecule has 31 heavy (non-hydrogen) atoms. The SMILES string of the molecule is CSNCC1OC(C)(C)CN(c2cc(-c3cnc(/C=C\C(=N)C(F)F)[nH]3)ncn2)C1C. The van der Waals surface area contributed by atoms with Crippen LogP contribution in [0.3, 0.4) is 0 Å². The first-order chi connectivity index (χ1) is 14.7. The molecule has 11 heteroatoms. The number of alkyl halides is 2. The van der Waals surface area contributed by atoms with Gasteiger partial charge in [0.2, 0.25) is 0 Å². The number of imidazole rings is 1. The van der Waals surface area contributed by atoms with Crippen molar-refractivity contribution in [2.24, 2.45) is 0 Å². The van der Waals surface area contributed by atoms with Crippen molar-refractivity contribution in [1.82, 2.24) is 24.7 Å². The molecule has 2 unspecified atom stereocenters. The van der Waals surface area contributed by atoms with Gasteiger partial charge < -0.3 is 14.6 Å². The smallest absolute Gasteiger partial charge is 0.279 e. The van der Waals surface area contributed by atoms with Crippen LogP contribution in [-0.2, 0) is 4.74 Å². The maximum absolute atomic E-state index is 12.5. The summed E-state index contributed by atoms with van der Waals surface area (Å²) in [5, 5.41) is 7.19. The molecule has 2 atom stereocenters. The highest BCUT2D eigenvalue weighted by Gasteiger charge is 2.39. The van der Waals surface area contributed by atoms with Gasteiger partial charge in [0.25, 0.3) is 6.43 Å². The van der Waals surface area contributed by atoms with Crippen molar-refractivity contribution in [3.63, 3.8) is 0 Å². The molecule has 0 aromatic carbocycles. The van der Waals surface area contributed by atoms with Gasteiger partial charge in [0, 0.05) is 19.2 Å². The molecule has 0 spiro atoms. The summed E-state index contributed by atoms with van der Waals surface area (Å²) in [6.45, 7) is 7.62. The van der Waals surface area contributed by atoms with Crippen molar-refractivity contribution in [3.05, 3.63) is 30.5 Å². The summed E-state index contributed by atoms with van der Waals surface area (Å²) in [5.74, 6) is 1.14. The maximum atomic E-state index is 12.5. The van der Waals surface area contributed by atoms with Gasteiger partial charge in [-0.05, 0) is 39.2 Å². The molecular weight excluding hydrogens is 424 g/mol. The number of allylic oxidation sites excluding steroid dienone is 1. The molecular formula is C20H27F2N7OS. The standard InChI is InChI=1S/C20H27F2N7OS/c1-12-16(9-27-31-4)30-20(2,3)10-29(12)18-7-14(25-11-26-18)15-8-24-17(28-15)6-5-13(23)19(21)22/h5-8,11-12,16,19,23,27H,9-10H2,1-4H3,(H,24,28)/b6-5-,23-13?. The lowest BCUT2D eigenvalue weighted by Crippen LogP contribution is -2.60.